The van der Waals surface area contributed by atoms with Gasteiger partial charge < -0.3 is 4.74 Å². The van der Waals surface area contributed by atoms with Gasteiger partial charge in [0.15, 0.2) is 0 Å². The molecule has 0 bridgehead atoms. The normalized spacial score (nSPS) is 28.6. The number of unbranched alkanes of at least 4 members (excludes halogenated alkanes) is 7. The summed E-state index contributed by atoms with van der Waals surface area (Å²) in [7, 11) is 0. The van der Waals surface area contributed by atoms with Gasteiger partial charge in [-0.1, -0.05) is 64.7 Å². The highest BCUT2D eigenvalue weighted by molar-refractivity contribution is 4.82. The number of alkyl halides is 3. The molecule has 2 rings (SSSR count). The number of ether oxygens (including phenoxy) is 1. The van der Waals surface area contributed by atoms with Gasteiger partial charge in [-0.2, -0.15) is 13.2 Å². The molecular weight excluding hydrogens is 373 g/mol. The van der Waals surface area contributed by atoms with Crippen molar-refractivity contribution in [3.05, 3.63) is 0 Å². The molecule has 1 nitrogen and oxygen atoms in total. The Bertz CT molecular complexity index is 393. The molecular formula is C25H45F3O. The second-order valence-electron chi connectivity index (χ2n) is 9.82. The molecule has 4 heteroatoms. The van der Waals surface area contributed by atoms with Crippen molar-refractivity contribution >= 4 is 0 Å². The van der Waals surface area contributed by atoms with Crippen molar-refractivity contribution < 1.29 is 17.9 Å². The molecule has 0 spiro atoms. The molecule has 0 atom stereocenters. The summed E-state index contributed by atoms with van der Waals surface area (Å²) in [4.78, 5) is 0. The van der Waals surface area contributed by atoms with E-state index < -0.39 is 12.6 Å². The van der Waals surface area contributed by atoms with E-state index in [2.05, 4.69) is 6.92 Å². The Hall–Kier alpha value is -0.250. The van der Waals surface area contributed by atoms with Crippen LogP contribution in [0.25, 0.3) is 0 Å². The van der Waals surface area contributed by atoms with Gasteiger partial charge in [-0.05, 0) is 69.1 Å². The molecule has 2 fully saturated rings. The van der Waals surface area contributed by atoms with Gasteiger partial charge >= 0.3 is 6.18 Å². The summed E-state index contributed by atoms with van der Waals surface area (Å²) < 4.78 is 43.4. The van der Waals surface area contributed by atoms with Crippen molar-refractivity contribution in [3.63, 3.8) is 0 Å². The van der Waals surface area contributed by atoms with Crippen LogP contribution in [0.3, 0.4) is 0 Å². The molecule has 0 aliphatic heterocycles. The van der Waals surface area contributed by atoms with Crippen LogP contribution < -0.4 is 0 Å². The van der Waals surface area contributed by atoms with Crippen LogP contribution >= 0.6 is 0 Å². The molecule has 0 aromatic carbocycles. The maximum absolute atomic E-state index is 12.4. The fraction of sp³-hybridized carbons (Fsp3) is 1.00. The third-order valence-electron chi connectivity index (χ3n) is 7.46. The monoisotopic (exact) mass is 418 g/mol. The SMILES string of the molecule is CCCCCCCCCCO[C@H]1CC[C@H]([C@H]2CC[C@H](CCC(F)(F)F)CC2)CC1. The molecule has 0 radical (unpaired) electrons. The summed E-state index contributed by atoms with van der Waals surface area (Å²) in [5.74, 6) is 1.85. The first kappa shape index (κ1) is 25.0. The highest BCUT2D eigenvalue weighted by atomic mass is 19.4. The van der Waals surface area contributed by atoms with Crippen LogP contribution in [0, 0.1) is 17.8 Å². The number of hydrogen-bond acceptors (Lipinski definition) is 1. The summed E-state index contributed by atoms with van der Waals surface area (Å²) in [5, 5.41) is 0. The summed E-state index contributed by atoms with van der Waals surface area (Å²) in [6.45, 7) is 3.19. The molecule has 0 aromatic rings. The van der Waals surface area contributed by atoms with Crippen LogP contribution in [0.15, 0.2) is 0 Å². The Morgan fingerprint density at radius 1 is 0.690 bits per heavy atom. The van der Waals surface area contributed by atoms with Gasteiger partial charge in [0.25, 0.3) is 0 Å². The largest absolute Gasteiger partial charge is 0.389 e. The summed E-state index contributed by atoms with van der Waals surface area (Å²) >= 11 is 0. The van der Waals surface area contributed by atoms with Crippen LogP contribution in [0.1, 0.15) is 122 Å². The first-order chi connectivity index (χ1) is 14.0. The van der Waals surface area contributed by atoms with Crippen molar-refractivity contribution in [2.45, 2.75) is 135 Å². The molecule has 172 valence electrons. The summed E-state index contributed by atoms with van der Waals surface area (Å²) in [6, 6.07) is 0. The molecule has 0 heterocycles. The van der Waals surface area contributed by atoms with E-state index in [0.717, 1.165) is 44.1 Å². The first-order valence-corrected chi connectivity index (χ1v) is 12.7. The molecule has 0 aromatic heterocycles. The Morgan fingerprint density at radius 2 is 1.21 bits per heavy atom. The zero-order valence-corrected chi connectivity index (χ0v) is 18.8. The van der Waals surface area contributed by atoms with E-state index in [1.165, 1.54) is 77.0 Å². The highest BCUT2D eigenvalue weighted by Gasteiger charge is 2.33. The second-order valence-corrected chi connectivity index (χ2v) is 9.82. The fourth-order valence-corrected chi connectivity index (χ4v) is 5.53. The lowest BCUT2D eigenvalue weighted by Crippen LogP contribution is -2.29. The average molecular weight is 419 g/mol. The molecule has 29 heavy (non-hydrogen) atoms. The van der Waals surface area contributed by atoms with Gasteiger partial charge in [-0.3, -0.25) is 0 Å². The highest BCUT2D eigenvalue weighted by Crippen LogP contribution is 2.42. The zero-order valence-electron chi connectivity index (χ0n) is 18.8. The fourth-order valence-electron chi connectivity index (χ4n) is 5.53. The third kappa shape index (κ3) is 11.1. The van der Waals surface area contributed by atoms with Gasteiger partial charge in [-0.15, -0.1) is 0 Å². The Morgan fingerprint density at radius 3 is 1.76 bits per heavy atom. The molecule has 0 amide bonds. The van der Waals surface area contributed by atoms with E-state index in [4.69, 9.17) is 4.74 Å². The average Bonchev–Trinajstić information content (AvgIpc) is 2.71. The minimum atomic E-state index is -3.98. The molecule has 2 saturated carbocycles. The lowest BCUT2D eigenvalue weighted by atomic mass is 9.70. The van der Waals surface area contributed by atoms with Gasteiger partial charge in [0.2, 0.25) is 0 Å². The lowest BCUT2D eigenvalue weighted by molar-refractivity contribution is -0.138. The van der Waals surface area contributed by atoms with E-state index in [1.807, 2.05) is 0 Å². The number of halogens is 3. The van der Waals surface area contributed by atoms with Gasteiger partial charge in [0, 0.05) is 13.0 Å². The number of rotatable bonds is 13. The lowest BCUT2D eigenvalue weighted by Gasteiger charge is -2.38. The first-order valence-electron chi connectivity index (χ1n) is 12.7. The number of hydrogen-bond donors (Lipinski definition) is 0. The van der Waals surface area contributed by atoms with E-state index in [-0.39, 0.29) is 0 Å². The third-order valence-corrected chi connectivity index (χ3v) is 7.46. The topological polar surface area (TPSA) is 9.23 Å². The predicted molar refractivity (Wildman–Crippen MR) is 115 cm³/mol. The molecule has 0 N–H and O–H groups in total. The Balaban J connectivity index is 1.46. The molecule has 0 unspecified atom stereocenters. The van der Waals surface area contributed by atoms with Crippen LogP contribution in [0.5, 0.6) is 0 Å². The van der Waals surface area contributed by atoms with Gasteiger partial charge in [0.05, 0.1) is 6.10 Å². The van der Waals surface area contributed by atoms with Crippen molar-refractivity contribution in [2.24, 2.45) is 17.8 Å². The van der Waals surface area contributed by atoms with E-state index in [0.29, 0.717) is 18.4 Å². The van der Waals surface area contributed by atoms with Crippen molar-refractivity contribution in [1.29, 1.82) is 0 Å². The smallest absolute Gasteiger partial charge is 0.378 e. The van der Waals surface area contributed by atoms with E-state index in [9.17, 15) is 13.2 Å². The predicted octanol–water partition coefficient (Wildman–Crippen LogP) is 8.85. The Kier molecular flexibility index (Phi) is 12.0. The maximum atomic E-state index is 12.4. The Labute approximate surface area is 177 Å². The molecule has 2 aliphatic carbocycles. The van der Waals surface area contributed by atoms with Crippen LogP contribution in [-0.4, -0.2) is 18.9 Å². The van der Waals surface area contributed by atoms with E-state index in [1.54, 1.807) is 0 Å². The molecule has 2 aliphatic rings. The second kappa shape index (κ2) is 13.9. The van der Waals surface area contributed by atoms with Crippen molar-refractivity contribution in [3.8, 4) is 0 Å². The van der Waals surface area contributed by atoms with Crippen molar-refractivity contribution in [2.75, 3.05) is 6.61 Å². The van der Waals surface area contributed by atoms with Crippen LogP contribution in [0.2, 0.25) is 0 Å². The maximum Gasteiger partial charge on any atom is 0.389 e. The standard InChI is InChI=1S/C25H45F3O/c1-2-3-4-5-6-7-8-9-20-29-24-16-14-23(15-17-24)22-12-10-21(11-13-22)18-19-25(26,27)28/h21-24H,2-20H2,1H3/t21-,22-,23-,24-. The van der Waals surface area contributed by atoms with Gasteiger partial charge in [-0.25, -0.2) is 0 Å². The minimum absolute atomic E-state index is 0.305. The van der Waals surface area contributed by atoms with Crippen LogP contribution in [-0.2, 0) is 4.74 Å². The summed E-state index contributed by atoms with van der Waals surface area (Å²) in [5.41, 5.74) is 0. The molecule has 0 saturated heterocycles. The van der Waals surface area contributed by atoms with Crippen LogP contribution in [0.4, 0.5) is 13.2 Å². The quantitative estimate of drug-likeness (QED) is 0.271. The minimum Gasteiger partial charge on any atom is -0.378 e. The van der Waals surface area contributed by atoms with Gasteiger partial charge in [0.1, 0.15) is 0 Å². The van der Waals surface area contributed by atoms with Crippen molar-refractivity contribution in [1.82, 2.24) is 0 Å². The van der Waals surface area contributed by atoms with E-state index >= 15 is 0 Å². The summed E-state index contributed by atoms with van der Waals surface area (Å²) in [6.07, 6.45) is 16.2. The zero-order chi connectivity index (χ0) is 21.0.